The van der Waals surface area contributed by atoms with Gasteiger partial charge < -0.3 is 15.1 Å². The molecule has 5 heteroatoms. The van der Waals surface area contributed by atoms with Crippen LogP contribution >= 0.6 is 0 Å². The van der Waals surface area contributed by atoms with Crippen molar-refractivity contribution in [1.82, 2.24) is 4.90 Å². The second-order valence-electron chi connectivity index (χ2n) is 11.6. The number of carbonyl (C=O) groups excluding carboxylic acids is 2. The van der Waals surface area contributed by atoms with Crippen LogP contribution in [0.4, 0.5) is 11.4 Å². The highest BCUT2D eigenvalue weighted by Gasteiger charge is 2.28. The van der Waals surface area contributed by atoms with Crippen molar-refractivity contribution in [1.29, 1.82) is 0 Å². The number of nitrogens with one attached hydrogen (secondary N) is 1. The second-order valence-corrected chi connectivity index (χ2v) is 11.6. The summed E-state index contributed by atoms with van der Waals surface area (Å²) in [6.07, 6.45) is 5.38. The summed E-state index contributed by atoms with van der Waals surface area (Å²) in [5, 5.41) is 3.16. The van der Waals surface area contributed by atoms with E-state index < -0.39 is 5.92 Å². The number of likely N-dealkylation sites (tertiary alicyclic amines) is 1. The van der Waals surface area contributed by atoms with Crippen LogP contribution in [0.15, 0.2) is 109 Å². The number of anilines is 2. The van der Waals surface area contributed by atoms with E-state index >= 15 is 0 Å². The number of amides is 2. The summed E-state index contributed by atoms with van der Waals surface area (Å²) in [5.41, 5.74) is 5.58. The third-order valence-corrected chi connectivity index (χ3v) is 8.74. The van der Waals surface area contributed by atoms with Gasteiger partial charge in [-0.15, -0.1) is 0 Å². The van der Waals surface area contributed by atoms with E-state index in [1.807, 2.05) is 83.8 Å². The van der Waals surface area contributed by atoms with Crippen LogP contribution in [-0.2, 0) is 11.2 Å². The number of benzene rings is 4. The number of piperidine rings is 1. The van der Waals surface area contributed by atoms with Crippen molar-refractivity contribution in [2.75, 3.05) is 36.4 Å². The fraction of sp³-hybridized carbons (Fsp3) is 0.297. The third-order valence-electron chi connectivity index (χ3n) is 8.74. The maximum absolute atomic E-state index is 13.8. The molecule has 4 aromatic carbocycles. The van der Waals surface area contributed by atoms with Gasteiger partial charge in [0.2, 0.25) is 5.91 Å². The molecule has 42 heavy (non-hydrogen) atoms. The predicted molar refractivity (Wildman–Crippen MR) is 170 cm³/mol. The predicted octanol–water partition coefficient (Wildman–Crippen LogP) is 7.15. The van der Waals surface area contributed by atoms with Gasteiger partial charge >= 0.3 is 0 Å². The minimum Gasteiger partial charge on any atom is -0.371 e. The Labute approximate surface area is 249 Å². The van der Waals surface area contributed by atoms with Crippen molar-refractivity contribution in [2.45, 2.75) is 38.0 Å². The molecule has 2 aliphatic rings. The molecule has 0 unspecified atom stereocenters. The lowest BCUT2D eigenvalue weighted by Gasteiger charge is -2.35. The number of carbonyl (C=O) groups is 2. The monoisotopic (exact) mass is 557 g/mol. The topological polar surface area (TPSA) is 52.7 Å². The Balaban J connectivity index is 1.24. The molecule has 4 aromatic rings. The maximum Gasteiger partial charge on any atom is 0.256 e. The molecule has 2 amide bonds. The molecule has 0 bridgehead atoms. The van der Waals surface area contributed by atoms with Gasteiger partial charge in [0.1, 0.15) is 0 Å². The van der Waals surface area contributed by atoms with Crippen LogP contribution in [0.2, 0.25) is 0 Å². The first-order valence-corrected chi connectivity index (χ1v) is 15.3. The molecular formula is C37H39N3O2. The zero-order valence-corrected chi connectivity index (χ0v) is 24.1. The van der Waals surface area contributed by atoms with Crippen molar-refractivity contribution >= 4 is 23.2 Å². The smallest absolute Gasteiger partial charge is 0.256 e. The minimum atomic E-state index is -0.451. The Kier molecular flexibility index (Phi) is 8.64. The maximum atomic E-state index is 13.8. The molecule has 5 nitrogen and oxygen atoms in total. The average molecular weight is 558 g/mol. The molecule has 0 saturated carbocycles. The van der Waals surface area contributed by atoms with Gasteiger partial charge in [0.15, 0.2) is 0 Å². The molecule has 6 rings (SSSR count). The molecule has 2 saturated heterocycles. The van der Waals surface area contributed by atoms with Crippen molar-refractivity contribution in [3.05, 3.63) is 131 Å². The van der Waals surface area contributed by atoms with Gasteiger partial charge in [-0.25, -0.2) is 0 Å². The van der Waals surface area contributed by atoms with E-state index in [1.165, 1.54) is 5.56 Å². The van der Waals surface area contributed by atoms with Gasteiger partial charge in [0.25, 0.3) is 5.91 Å². The van der Waals surface area contributed by atoms with Crippen LogP contribution in [-0.4, -0.2) is 42.9 Å². The molecule has 0 radical (unpaired) electrons. The molecule has 1 N–H and O–H groups in total. The van der Waals surface area contributed by atoms with E-state index in [0.29, 0.717) is 17.2 Å². The summed E-state index contributed by atoms with van der Waals surface area (Å²) in [7, 11) is 0. The Morgan fingerprint density at radius 1 is 0.714 bits per heavy atom. The lowest BCUT2D eigenvalue weighted by atomic mass is 9.89. The Morgan fingerprint density at radius 3 is 1.88 bits per heavy atom. The van der Waals surface area contributed by atoms with Gasteiger partial charge in [-0.05, 0) is 72.9 Å². The highest BCUT2D eigenvalue weighted by atomic mass is 16.2. The minimum absolute atomic E-state index is 0.0627. The Bertz CT molecular complexity index is 1440. The van der Waals surface area contributed by atoms with E-state index in [-0.39, 0.29) is 11.8 Å². The summed E-state index contributed by atoms with van der Waals surface area (Å²) < 4.78 is 0. The zero-order chi connectivity index (χ0) is 28.7. The fourth-order valence-corrected chi connectivity index (χ4v) is 6.48. The average Bonchev–Trinajstić information content (AvgIpc) is 3.58. The van der Waals surface area contributed by atoms with E-state index in [1.54, 1.807) is 0 Å². The van der Waals surface area contributed by atoms with Gasteiger partial charge in [0, 0.05) is 37.6 Å². The molecule has 2 heterocycles. The third kappa shape index (κ3) is 6.41. The summed E-state index contributed by atoms with van der Waals surface area (Å²) in [6.45, 7) is 3.43. The number of nitrogens with zero attached hydrogens (tertiary/aromatic N) is 2. The highest BCUT2D eigenvalue weighted by Crippen LogP contribution is 2.33. The standard InChI is InChI=1S/C37H39N3O2/c41-36(35(30-14-6-2-7-15-30)31-16-8-3-9-17-31)38-32-18-19-34(33(27-32)37(42)40-22-10-11-23-40)39-24-20-29(21-25-39)26-28-12-4-1-5-13-28/h1-9,12-19,27,29,35H,10-11,20-26H2,(H,38,41). The van der Waals surface area contributed by atoms with E-state index in [9.17, 15) is 9.59 Å². The van der Waals surface area contributed by atoms with Crippen LogP contribution in [0.1, 0.15) is 58.6 Å². The number of rotatable bonds is 8. The largest absolute Gasteiger partial charge is 0.371 e. The molecule has 0 atom stereocenters. The van der Waals surface area contributed by atoms with E-state index in [4.69, 9.17) is 0 Å². The molecule has 0 aliphatic carbocycles. The van der Waals surface area contributed by atoms with Crippen LogP contribution in [0.3, 0.4) is 0 Å². The molecular weight excluding hydrogens is 518 g/mol. The summed E-state index contributed by atoms with van der Waals surface area (Å²) in [6, 6.07) is 36.3. The molecule has 2 fully saturated rings. The molecule has 0 aromatic heterocycles. The van der Waals surface area contributed by atoms with E-state index in [2.05, 4.69) is 40.5 Å². The van der Waals surface area contributed by atoms with Gasteiger partial charge in [-0.2, -0.15) is 0 Å². The van der Waals surface area contributed by atoms with Crippen molar-refractivity contribution in [2.24, 2.45) is 5.92 Å². The van der Waals surface area contributed by atoms with Crippen LogP contribution < -0.4 is 10.2 Å². The quantitative estimate of drug-likeness (QED) is 0.250. The summed E-state index contributed by atoms with van der Waals surface area (Å²) in [5.74, 6) is 0.149. The van der Waals surface area contributed by atoms with Crippen LogP contribution in [0, 0.1) is 5.92 Å². The SMILES string of the molecule is O=C(Nc1ccc(N2CCC(Cc3ccccc3)CC2)c(C(=O)N2CCCC2)c1)C(c1ccccc1)c1ccccc1. The van der Waals surface area contributed by atoms with Crippen molar-refractivity contribution in [3.63, 3.8) is 0 Å². The fourth-order valence-electron chi connectivity index (χ4n) is 6.48. The molecule has 2 aliphatic heterocycles. The zero-order valence-electron chi connectivity index (χ0n) is 24.1. The van der Waals surface area contributed by atoms with Gasteiger partial charge in [0.05, 0.1) is 11.5 Å². The number of hydrogen-bond donors (Lipinski definition) is 1. The Hall–Kier alpha value is -4.38. The highest BCUT2D eigenvalue weighted by molar-refractivity contribution is 6.03. The van der Waals surface area contributed by atoms with Crippen molar-refractivity contribution < 1.29 is 9.59 Å². The molecule has 0 spiro atoms. The summed E-state index contributed by atoms with van der Waals surface area (Å²) >= 11 is 0. The lowest BCUT2D eigenvalue weighted by Crippen LogP contribution is -2.36. The first kappa shape index (κ1) is 27.8. The number of hydrogen-bond acceptors (Lipinski definition) is 3. The normalized spacial score (nSPS) is 15.6. The van der Waals surface area contributed by atoms with E-state index in [0.717, 1.165) is 75.1 Å². The first-order valence-electron chi connectivity index (χ1n) is 15.3. The second kappa shape index (κ2) is 13.1. The van der Waals surface area contributed by atoms with Gasteiger partial charge in [-0.1, -0.05) is 91.0 Å². The molecule has 214 valence electrons. The van der Waals surface area contributed by atoms with Crippen LogP contribution in [0.5, 0.6) is 0 Å². The Morgan fingerprint density at radius 2 is 1.29 bits per heavy atom. The summed E-state index contributed by atoms with van der Waals surface area (Å²) in [4.78, 5) is 32.0. The lowest BCUT2D eigenvalue weighted by molar-refractivity contribution is -0.116. The van der Waals surface area contributed by atoms with Gasteiger partial charge in [-0.3, -0.25) is 9.59 Å². The van der Waals surface area contributed by atoms with Crippen molar-refractivity contribution in [3.8, 4) is 0 Å². The van der Waals surface area contributed by atoms with Crippen LogP contribution in [0.25, 0.3) is 0 Å². The first-order chi connectivity index (χ1) is 20.7.